The van der Waals surface area contributed by atoms with Gasteiger partial charge in [0.1, 0.15) is 5.69 Å². The quantitative estimate of drug-likeness (QED) is 0.685. The zero-order valence-electron chi connectivity index (χ0n) is 7.76. The minimum Gasteiger partial charge on any atom is -0.285 e. The summed E-state index contributed by atoms with van der Waals surface area (Å²) >= 11 is 1.45. The molecule has 0 atom stereocenters. The topological polar surface area (TPSA) is 60.7 Å². The van der Waals surface area contributed by atoms with E-state index in [1.165, 1.54) is 22.3 Å². The fraction of sp³-hybridized carbons (Fsp3) is 0.250. The predicted octanol–water partition coefficient (Wildman–Crippen LogP) is 0.811. The van der Waals surface area contributed by atoms with E-state index < -0.39 is 0 Å². The van der Waals surface area contributed by atoms with Crippen LogP contribution in [0.5, 0.6) is 0 Å². The fourth-order valence-electron chi connectivity index (χ4n) is 1.05. The molecule has 0 bridgehead atoms. The van der Waals surface area contributed by atoms with E-state index >= 15 is 0 Å². The molecule has 5 nitrogen and oxygen atoms in total. The maximum Gasteiger partial charge on any atom is 0.234 e. The summed E-state index contributed by atoms with van der Waals surface area (Å²) in [7, 11) is 1.67. The van der Waals surface area contributed by atoms with Crippen molar-refractivity contribution >= 4 is 17.1 Å². The van der Waals surface area contributed by atoms with Crippen LogP contribution in [0.4, 0.5) is 0 Å². The van der Waals surface area contributed by atoms with Crippen LogP contribution in [0.3, 0.4) is 0 Å². The summed E-state index contributed by atoms with van der Waals surface area (Å²) in [6.07, 6.45) is 1.44. The van der Waals surface area contributed by atoms with E-state index in [1.54, 1.807) is 12.4 Å². The zero-order valence-corrected chi connectivity index (χ0v) is 8.58. The number of aromatic nitrogens is 4. The summed E-state index contributed by atoms with van der Waals surface area (Å²) in [5, 5.41) is 10.3. The van der Waals surface area contributed by atoms with Gasteiger partial charge in [0.15, 0.2) is 5.69 Å². The van der Waals surface area contributed by atoms with Gasteiger partial charge in [0, 0.05) is 12.4 Å². The largest absolute Gasteiger partial charge is 0.285 e. The van der Waals surface area contributed by atoms with E-state index in [0.717, 1.165) is 5.01 Å². The average Bonchev–Trinajstić information content (AvgIpc) is 2.73. The second-order valence-electron chi connectivity index (χ2n) is 2.80. The summed E-state index contributed by atoms with van der Waals surface area (Å²) in [5.74, 6) is -0.178. The van der Waals surface area contributed by atoms with Crippen molar-refractivity contribution in [2.75, 3.05) is 0 Å². The van der Waals surface area contributed by atoms with E-state index in [1.807, 2.05) is 6.92 Å². The average molecular weight is 208 g/mol. The van der Waals surface area contributed by atoms with Gasteiger partial charge < -0.3 is 0 Å². The lowest BCUT2D eigenvalue weighted by atomic mass is 10.2. The van der Waals surface area contributed by atoms with Crippen molar-refractivity contribution in [3.8, 4) is 0 Å². The summed E-state index contributed by atoms with van der Waals surface area (Å²) in [6.45, 7) is 1.86. The van der Waals surface area contributed by atoms with Gasteiger partial charge in [-0.1, -0.05) is 0 Å². The zero-order chi connectivity index (χ0) is 10.1. The first kappa shape index (κ1) is 9.01. The van der Waals surface area contributed by atoms with Gasteiger partial charge in [-0.15, -0.1) is 11.3 Å². The lowest BCUT2D eigenvalue weighted by molar-refractivity contribution is 0.102. The van der Waals surface area contributed by atoms with E-state index in [2.05, 4.69) is 15.2 Å². The molecule has 2 rings (SSSR count). The number of carbonyl (C=O) groups excluding carboxylic acids is 1. The lowest BCUT2D eigenvalue weighted by Gasteiger charge is -1.88. The van der Waals surface area contributed by atoms with E-state index in [-0.39, 0.29) is 5.78 Å². The Morgan fingerprint density at radius 3 is 2.79 bits per heavy atom. The third-order valence-corrected chi connectivity index (χ3v) is 2.46. The Labute approximate surface area is 84.4 Å². The van der Waals surface area contributed by atoms with Gasteiger partial charge in [0.05, 0.1) is 11.2 Å². The number of hydrogen-bond donors (Lipinski definition) is 0. The second kappa shape index (κ2) is 3.30. The Bertz CT molecular complexity index is 431. The molecular weight excluding hydrogens is 200 g/mol. The molecule has 0 radical (unpaired) electrons. The van der Waals surface area contributed by atoms with Gasteiger partial charge in [-0.05, 0) is 6.92 Å². The number of rotatable bonds is 2. The molecule has 0 fully saturated rings. The molecule has 2 aromatic heterocycles. The maximum absolute atomic E-state index is 11.7. The van der Waals surface area contributed by atoms with Crippen LogP contribution in [0.2, 0.25) is 0 Å². The third-order valence-electron chi connectivity index (χ3n) is 1.68. The van der Waals surface area contributed by atoms with Gasteiger partial charge >= 0.3 is 0 Å². The van der Waals surface area contributed by atoms with Crippen molar-refractivity contribution < 1.29 is 4.79 Å². The number of nitrogens with zero attached hydrogens (tertiary/aromatic N) is 4. The molecule has 0 saturated carbocycles. The Morgan fingerprint density at radius 2 is 2.29 bits per heavy atom. The highest BCUT2D eigenvalue weighted by Gasteiger charge is 2.15. The van der Waals surface area contributed by atoms with E-state index in [0.29, 0.717) is 11.4 Å². The number of thiazole rings is 1. The Hall–Kier alpha value is -1.56. The lowest BCUT2D eigenvalue weighted by Crippen LogP contribution is -2.03. The first-order valence-electron chi connectivity index (χ1n) is 4.00. The number of ketones is 1. The van der Waals surface area contributed by atoms with Crippen molar-refractivity contribution in [2.24, 2.45) is 7.05 Å². The van der Waals surface area contributed by atoms with Crippen molar-refractivity contribution in [2.45, 2.75) is 6.92 Å². The molecule has 0 unspecified atom stereocenters. The minimum absolute atomic E-state index is 0.178. The molecule has 0 aliphatic heterocycles. The number of aryl methyl sites for hydroxylation is 2. The van der Waals surface area contributed by atoms with Gasteiger partial charge in [0.25, 0.3) is 0 Å². The molecule has 14 heavy (non-hydrogen) atoms. The molecule has 0 spiro atoms. The van der Waals surface area contributed by atoms with Gasteiger partial charge in [-0.25, -0.2) is 4.98 Å². The van der Waals surface area contributed by atoms with Crippen molar-refractivity contribution in [3.63, 3.8) is 0 Å². The molecule has 72 valence electrons. The minimum atomic E-state index is -0.178. The van der Waals surface area contributed by atoms with Gasteiger partial charge in [-0.3, -0.25) is 4.79 Å². The van der Waals surface area contributed by atoms with Gasteiger partial charge in [-0.2, -0.15) is 15.0 Å². The third kappa shape index (κ3) is 1.56. The normalized spacial score (nSPS) is 10.4. The molecular formula is C8H8N4OS. The van der Waals surface area contributed by atoms with E-state index in [4.69, 9.17) is 0 Å². The summed E-state index contributed by atoms with van der Waals surface area (Å²) in [4.78, 5) is 17.1. The van der Waals surface area contributed by atoms with Crippen LogP contribution in [0, 0.1) is 6.92 Å². The molecule has 0 aliphatic carbocycles. The van der Waals surface area contributed by atoms with Crippen LogP contribution in [-0.2, 0) is 7.05 Å². The van der Waals surface area contributed by atoms with Crippen molar-refractivity contribution in [3.05, 3.63) is 28.0 Å². The smallest absolute Gasteiger partial charge is 0.234 e. The summed E-state index contributed by atoms with van der Waals surface area (Å²) < 4.78 is 0. The fourth-order valence-corrected chi connectivity index (χ4v) is 1.64. The van der Waals surface area contributed by atoms with Gasteiger partial charge in [0.2, 0.25) is 5.78 Å². The van der Waals surface area contributed by atoms with Crippen LogP contribution in [0.15, 0.2) is 11.6 Å². The highest BCUT2D eigenvalue weighted by atomic mass is 32.1. The molecule has 0 N–H and O–H groups in total. The summed E-state index contributed by atoms with van der Waals surface area (Å²) in [5.41, 5.74) is 0.769. The van der Waals surface area contributed by atoms with Crippen LogP contribution < -0.4 is 0 Å². The SMILES string of the molecule is Cc1nc(C(=O)c2cnn(C)n2)cs1. The Kier molecular flexibility index (Phi) is 2.12. The van der Waals surface area contributed by atoms with Crippen molar-refractivity contribution in [1.82, 2.24) is 20.0 Å². The first-order valence-corrected chi connectivity index (χ1v) is 4.88. The van der Waals surface area contributed by atoms with Crippen LogP contribution in [0.25, 0.3) is 0 Å². The number of hydrogen-bond acceptors (Lipinski definition) is 5. The van der Waals surface area contributed by atoms with Crippen LogP contribution in [0.1, 0.15) is 21.2 Å². The van der Waals surface area contributed by atoms with E-state index in [9.17, 15) is 4.79 Å². The Balaban J connectivity index is 2.33. The molecule has 0 saturated heterocycles. The first-order chi connectivity index (χ1) is 6.66. The highest BCUT2D eigenvalue weighted by Crippen LogP contribution is 2.11. The number of carbonyl (C=O) groups is 1. The highest BCUT2D eigenvalue weighted by molar-refractivity contribution is 7.09. The second-order valence-corrected chi connectivity index (χ2v) is 3.86. The standard InChI is InChI=1S/C8H8N4OS/c1-5-10-7(4-14-5)8(13)6-3-9-12(2)11-6/h3-4H,1-2H3. The molecule has 2 heterocycles. The Morgan fingerprint density at radius 1 is 1.50 bits per heavy atom. The molecule has 0 aliphatic rings. The van der Waals surface area contributed by atoms with Crippen molar-refractivity contribution in [1.29, 1.82) is 0 Å². The molecule has 0 amide bonds. The van der Waals surface area contributed by atoms with Crippen LogP contribution in [-0.4, -0.2) is 25.8 Å². The maximum atomic E-state index is 11.7. The molecule has 0 aromatic carbocycles. The monoisotopic (exact) mass is 208 g/mol. The molecule has 6 heteroatoms. The van der Waals surface area contributed by atoms with Crippen LogP contribution >= 0.6 is 11.3 Å². The summed E-state index contributed by atoms with van der Waals surface area (Å²) in [6, 6.07) is 0. The predicted molar refractivity (Wildman–Crippen MR) is 51.3 cm³/mol. The molecule has 2 aromatic rings.